The van der Waals surface area contributed by atoms with Gasteiger partial charge in [0.1, 0.15) is 6.61 Å². The number of para-hydroxylation sites is 1. The topological polar surface area (TPSA) is 61.9 Å². The molecule has 7 heteroatoms. The summed E-state index contributed by atoms with van der Waals surface area (Å²) < 4.78 is 8.70. The zero-order valence-electron chi connectivity index (χ0n) is 12.7. The predicted octanol–water partition coefficient (Wildman–Crippen LogP) is 2.92. The molecular weight excluding hydrogens is 316 g/mol. The highest BCUT2D eigenvalue weighted by Crippen LogP contribution is 2.21. The molecule has 3 aromatic rings. The lowest BCUT2D eigenvalue weighted by molar-refractivity contribution is 0.0457. The van der Waals surface area contributed by atoms with Crippen molar-refractivity contribution in [3.63, 3.8) is 0 Å². The number of aryl methyl sites for hydroxylation is 2. The van der Waals surface area contributed by atoms with Crippen LogP contribution in [-0.2, 0) is 18.4 Å². The molecule has 0 spiro atoms. The highest BCUT2D eigenvalue weighted by molar-refractivity contribution is 6.32. The van der Waals surface area contributed by atoms with E-state index in [4.69, 9.17) is 16.3 Å². The van der Waals surface area contributed by atoms with Gasteiger partial charge >= 0.3 is 5.97 Å². The maximum absolute atomic E-state index is 12.2. The summed E-state index contributed by atoms with van der Waals surface area (Å²) in [6.07, 6.45) is 3.31. The Morgan fingerprint density at radius 2 is 2.13 bits per heavy atom. The second-order valence-corrected chi connectivity index (χ2v) is 5.51. The Morgan fingerprint density at radius 3 is 2.83 bits per heavy atom. The first kappa shape index (κ1) is 15.3. The molecule has 0 N–H and O–H groups in total. The van der Waals surface area contributed by atoms with Gasteiger partial charge in [-0.15, -0.1) is 0 Å². The summed E-state index contributed by atoms with van der Waals surface area (Å²) in [5.41, 5.74) is 2.56. The molecular formula is C16H15ClN4O2. The Hall–Kier alpha value is -2.60. The lowest BCUT2D eigenvalue weighted by atomic mass is 10.3. The normalized spacial score (nSPS) is 10.7. The number of carbonyl (C=O) groups excluding carboxylic acids is 1. The Kier molecular flexibility index (Phi) is 4.16. The molecule has 23 heavy (non-hydrogen) atoms. The number of carbonyl (C=O) groups is 1. The maximum atomic E-state index is 12.2. The summed E-state index contributed by atoms with van der Waals surface area (Å²) in [5, 5.41) is 4.86. The molecule has 0 amide bonds. The summed E-state index contributed by atoms with van der Waals surface area (Å²) in [7, 11) is 1.84. The van der Waals surface area contributed by atoms with Crippen molar-refractivity contribution < 1.29 is 9.53 Å². The van der Waals surface area contributed by atoms with E-state index in [0.29, 0.717) is 5.02 Å². The van der Waals surface area contributed by atoms with Crippen LogP contribution >= 0.6 is 11.6 Å². The molecule has 6 nitrogen and oxygen atoms in total. The fraction of sp³-hybridized carbons (Fsp3) is 0.188. The van der Waals surface area contributed by atoms with Crippen LogP contribution in [0, 0.1) is 6.92 Å². The number of imidazole rings is 1. The average molecular weight is 331 g/mol. The van der Waals surface area contributed by atoms with Crippen molar-refractivity contribution in [2.24, 2.45) is 7.05 Å². The zero-order valence-corrected chi connectivity index (χ0v) is 13.5. The summed E-state index contributed by atoms with van der Waals surface area (Å²) in [5.74, 6) is -0.486. The SMILES string of the molecule is Cc1cc(C(=O)OCc2cncn2C)nn1-c1ccccc1Cl. The van der Waals surface area contributed by atoms with Crippen LogP contribution in [0.3, 0.4) is 0 Å². The molecule has 0 bridgehead atoms. The van der Waals surface area contributed by atoms with E-state index in [9.17, 15) is 4.79 Å². The molecule has 0 atom stereocenters. The monoisotopic (exact) mass is 330 g/mol. The van der Waals surface area contributed by atoms with Crippen molar-refractivity contribution in [1.29, 1.82) is 0 Å². The van der Waals surface area contributed by atoms with Crippen LogP contribution in [0.25, 0.3) is 5.69 Å². The molecule has 0 unspecified atom stereocenters. The predicted molar refractivity (Wildman–Crippen MR) is 85.6 cm³/mol. The summed E-state index contributed by atoms with van der Waals surface area (Å²) in [6.45, 7) is 2.00. The minimum atomic E-state index is -0.486. The minimum Gasteiger partial charge on any atom is -0.454 e. The van der Waals surface area contributed by atoms with E-state index < -0.39 is 5.97 Å². The molecule has 2 aromatic heterocycles. The van der Waals surface area contributed by atoms with Gasteiger partial charge in [0.25, 0.3) is 0 Å². The molecule has 0 saturated carbocycles. The first-order valence-electron chi connectivity index (χ1n) is 7.00. The van der Waals surface area contributed by atoms with Gasteiger partial charge in [0.2, 0.25) is 0 Å². The second-order valence-electron chi connectivity index (χ2n) is 5.11. The molecule has 3 rings (SSSR count). The number of nitrogens with zero attached hydrogens (tertiary/aromatic N) is 4. The van der Waals surface area contributed by atoms with Crippen LogP contribution in [0.2, 0.25) is 5.02 Å². The van der Waals surface area contributed by atoms with Crippen molar-refractivity contribution in [3.05, 3.63) is 65.0 Å². The van der Waals surface area contributed by atoms with Gasteiger partial charge in [-0.1, -0.05) is 23.7 Å². The lowest BCUT2D eigenvalue weighted by Gasteiger charge is -2.06. The number of benzene rings is 1. The van der Waals surface area contributed by atoms with E-state index in [0.717, 1.165) is 17.1 Å². The number of esters is 1. The fourth-order valence-electron chi connectivity index (χ4n) is 2.18. The quantitative estimate of drug-likeness (QED) is 0.690. The van der Waals surface area contributed by atoms with Crippen molar-refractivity contribution in [1.82, 2.24) is 19.3 Å². The minimum absolute atomic E-state index is 0.146. The van der Waals surface area contributed by atoms with Crippen LogP contribution in [-0.4, -0.2) is 25.3 Å². The van der Waals surface area contributed by atoms with Crippen LogP contribution < -0.4 is 0 Å². The Morgan fingerprint density at radius 1 is 1.35 bits per heavy atom. The van der Waals surface area contributed by atoms with E-state index in [2.05, 4.69) is 10.1 Å². The molecule has 118 valence electrons. The first-order chi connectivity index (χ1) is 11.1. The van der Waals surface area contributed by atoms with Crippen molar-refractivity contribution in [3.8, 4) is 5.69 Å². The molecule has 0 radical (unpaired) electrons. The third-order valence-corrected chi connectivity index (χ3v) is 3.76. The molecule has 0 saturated heterocycles. The number of aromatic nitrogens is 4. The number of rotatable bonds is 4. The largest absolute Gasteiger partial charge is 0.454 e. The molecule has 0 aliphatic heterocycles. The number of halogens is 1. The molecule has 0 aliphatic rings. The van der Waals surface area contributed by atoms with Gasteiger partial charge in [0, 0.05) is 12.7 Å². The van der Waals surface area contributed by atoms with E-state index in [1.54, 1.807) is 33.9 Å². The average Bonchev–Trinajstić information content (AvgIpc) is 3.11. The highest BCUT2D eigenvalue weighted by Gasteiger charge is 2.16. The van der Waals surface area contributed by atoms with Gasteiger partial charge in [-0.05, 0) is 25.1 Å². The van der Waals surface area contributed by atoms with Gasteiger partial charge in [0.05, 0.1) is 28.9 Å². The van der Waals surface area contributed by atoms with Crippen molar-refractivity contribution >= 4 is 17.6 Å². The van der Waals surface area contributed by atoms with Crippen LogP contribution in [0.1, 0.15) is 21.9 Å². The lowest BCUT2D eigenvalue weighted by Crippen LogP contribution is -2.09. The summed E-state index contributed by atoms with van der Waals surface area (Å²) in [6, 6.07) is 9.00. The third kappa shape index (κ3) is 3.12. The van der Waals surface area contributed by atoms with E-state index >= 15 is 0 Å². The van der Waals surface area contributed by atoms with E-state index in [1.165, 1.54) is 0 Å². The molecule has 0 aliphatic carbocycles. The van der Waals surface area contributed by atoms with Gasteiger partial charge in [0.15, 0.2) is 5.69 Å². The second kappa shape index (κ2) is 6.26. The van der Waals surface area contributed by atoms with Crippen LogP contribution in [0.15, 0.2) is 42.9 Å². The molecule has 1 aromatic carbocycles. The van der Waals surface area contributed by atoms with Crippen molar-refractivity contribution in [2.45, 2.75) is 13.5 Å². The third-order valence-electron chi connectivity index (χ3n) is 3.44. The standard InChI is InChI=1S/C16H15ClN4O2/c1-11-7-14(16(22)23-9-12-8-18-10-20(12)2)19-21(11)15-6-4-3-5-13(15)17/h3-8,10H,9H2,1-2H3. The first-order valence-corrected chi connectivity index (χ1v) is 7.38. The van der Waals surface area contributed by atoms with Gasteiger partial charge in [-0.25, -0.2) is 14.5 Å². The van der Waals surface area contributed by atoms with Crippen LogP contribution in [0.5, 0.6) is 0 Å². The summed E-state index contributed by atoms with van der Waals surface area (Å²) in [4.78, 5) is 16.1. The summed E-state index contributed by atoms with van der Waals surface area (Å²) >= 11 is 6.18. The van der Waals surface area contributed by atoms with Gasteiger partial charge < -0.3 is 9.30 Å². The molecule has 2 heterocycles. The maximum Gasteiger partial charge on any atom is 0.359 e. The number of hydrogen-bond acceptors (Lipinski definition) is 4. The van der Waals surface area contributed by atoms with Gasteiger partial charge in [-0.2, -0.15) is 5.10 Å². The van der Waals surface area contributed by atoms with Crippen molar-refractivity contribution in [2.75, 3.05) is 0 Å². The van der Waals surface area contributed by atoms with E-state index in [-0.39, 0.29) is 12.3 Å². The Labute approximate surface area is 138 Å². The number of hydrogen-bond donors (Lipinski definition) is 0. The highest BCUT2D eigenvalue weighted by atomic mass is 35.5. The van der Waals surface area contributed by atoms with E-state index in [1.807, 2.05) is 32.2 Å². The smallest absolute Gasteiger partial charge is 0.359 e. The zero-order chi connectivity index (χ0) is 16.4. The Bertz CT molecular complexity index is 853. The Balaban J connectivity index is 1.79. The van der Waals surface area contributed by atoms with Crippen LogP contribution in [0.4, 0.5) is 0 Å². The fourth-order valence-corrected chi connectivity index (χ4v) is 2.39. The molecule has 0 fully saturated rings. The van der Waals surface area contributed by atoms with Gasteiger partial charge in [-0.3, -0.25) is 0 Å². The number of ether oxygens (including phenoxy) is 1.